The molecule has 158 valence electrons. The molecule has 0 aromatic heterocycles. The van der Waals surface area contributed by atoms with Crippen molar-refractivity contribution in [1.82, 2.24) is 4.90 Å². The number of carbonyl (C=O) groups excluding carboxylic acids is 1. The Morgan fingerprint density at radius 2 is 2.13 bits per heavy atom. The molecule has 1 aliphatic rings. The molecule has 1 amide bonds. The van der Waals surface area contributed by atoms with Crippen LogP contribution in [0.1, 0.15) is 48.1 Å². The number of hydrogen-bond donors (Lipinski definition) is 3. The lowest BCUT2D eigenvalue weighted by molar-refractivity contribution is -0.115. The number of nitriles is 1. The van der Waals surface area contributed by atoms with Crippen molar-refractivity contribution in [2.24, 2.45) is 0 Å². The van der Waals surface area contributed by atoms with Gasteiger partial charge in [-0.3, -0.25) is 10.2 Å². The maximum absolute atomic E-state index is 11.0. The van der Waals surface area contributed by atoms with Gasteiger partial charge in [-0.05, 0) is 67.6 Å². The lowest BCUT2D eigenvalue weighted by atomic mass is 9.86. The second-order valence-corrected chi connectivity index (χ2v) is 7.65. The van der Waals surface area contributed by atoms with Gasteiger partial charge in [0.05, 0.1) is 23.4 Å². The fourth-order valence-corrected chi connectivity index (χ4v) is 3.87. The van der Waals surface area contributed by atoms with Gasteiger partial charge in [-0.2, -0.15) is 5.26 Å². The van der Waals surface area contributed by atoms with Crippen LogP contribution in [0.25, 0.3) is 0 Å². The van der Waals surface area contributed by atoms with Crippen LogP contribution in [0.2, 0.25) is 0 Å². The molecular formula is C25H27N5O. The first-order chi connectivity index (χ1) is 15.0. The Hall–Kier alpha value is -3.85. The number of nitrogen functional groups attached to an aromatic ring is 1. The maximum Gasteiger partial charge on any atom is 0.213 e. The molecule has 0 heterocycles. The lowest BCUT2D eigenvalue weighted by Gasteiger charge is -2.28. The van der Waals surface area contributed by atoms with Crippen molar-refractivity contribution in [2.75, 3.05) is 18.1 Å². The topological polar surface area (TPSA) is 106 Å². The molecule has 0 bridgehead atoms. The number of anilines is 2. The number of aryl methyl sites for hydroxylation is 1. The fourth-order valence-electron chi connectivity index (χ4n) is 3.87. The van der Waals surface area contributed by atoms with E-state index in [1.807, 2.05) is 43.3 Å². The highest BCUT2D eigenvalue weighted by Crippen LogP contribution is 2.34. The Labute approximate surface area is 183 Å². The zero-order valence-electron chi connectivity index (χ0n) is 17.9. The monoisotopic (exact) mass is 413 g/mol. The van der Waals surface area contributed by atoms with Crippen molar-refractivity contribution in [3.8, 4) is 6.07 Å². The van der Waals surface area contributed by atoms with Crippen LogP contribution in [-0.4, -0.2) is 24.1 Å². The Bertz CT molecular complexity index is 1090. The van der Waals surface area contributed by atoms with Gasteiger partial charge in [0.2, 0.25) is 6.41 Å². The quantitative estimate of drug-likeness (QED) is 0.268. The van der Waals surface area contributed by atoms with E-state index in [0.29, 0.717) is 28.8 Å². The summed E-state index contributed by atoms with van der Waals surface area (Å²) in [6.45, 7) is 1.86. The smallest absolute Gasteiger partial charge is 0.213 e. The van der Waals surface area contributed by atoms with Gasteiger partial charge in [-0.25, -0.2) is 0 Å². The third-order valence-corrected chi connectivity index (χ3v) is 5.39. The van der Waals surface area contributed by atoms with E-state index in [1.165, 1.54) is 16.0 Å². The summed E-state index contributed by atoms with van der Waals surface area (Å²) in [6.07, 6.45) is 8.92. The SMILES string of the molecule is C/C=C\C(=C/N(C)C=O)C(=N)c1cc(NC2CCCc3cc(C#N)ccc32)ccc1N. The minimum atomic E-state index is 0.133. The maximum atomic E-state index is 11.0. The van der Waals surface area contributed by atoms with Crippen LogP contribution in [-0.2, 0) is 11.2 Å². The molecule has 0 radical (unpaired) electrons. The average molecular weight is 414 g/mol. The molecule has 31 heavy (non-hydrogen) atoms. The Kier molecular flexibility index (Phi) is 6.88. The number of rotatable bonds is 7. The van der Waals surface area contributed by atoms with Crippen molar-refractivity contribution in [3.05, 3.63) is 82.6 Å². The first-order valence-corrected chi connectivity index (χ1v) is 10.3. The zero-order chi connectivity index (χ0) is 22.4. The Morgan fingerprint density at radius 3 is 2.84 bits per heavy atom. The summed E-state index contributed by atoms with van der Waals surface area (Å²) in [5.74, 6) is 0. The molecule has 1 unspecified atom stereocenters. The molecule has 0 saturated carbocycles. The van der Waals surface area contributed by atoms with Gasteiger partial charge in [0.25, 0.3) is 0 Å². The predicted octanol–water partition coefficient (Wildman–Crippen LogP) is 4.55. The molecule has 0 saturated heterocycles. The number of carbonyl (C=O) groups is 1. The molecule has 0 aliphatic heterocycles. The van der Waals surface area contributed by atoms with Gasteiger partial charge in [0, 0.05) is 35.8 Å². The third-order valence-electron chi connectivity index (χ3n) is 5.39. The van der Waals surface area contributed by atoms with Crippen molar-refractivity contribution >= 4 is 23.5 Å². The molecule has 2 aromatic rings. The van der Waals surface area contributed by atoms with Gasteiger partial charge in [0.1, 0.15) is 0 Å². The van der Waals surface area contributed by atoms with Crippen LogP contribution in [0.5, 0.6) is 0 Å². The molecule has 6 nitrogen and oxygen atoms in total. The number of nitrogens with one attached hydrogen (secondary N) is 2. The minimum Gasteiger partial charge on any atom is -0.398 e. The average Bonchev–Trinajstić information content (AvgIpc) is 2.79. The van der Waals surface area contributed by atoms with Crippen molar-refractivity contribution < 1.29 is 4.79 Å². The van der Waals surface area contributed by atoms with Gasteiger partial charge < -0.3 is 16.0 Å². The summed E-state index contributed by atoms with van der Waals surface area (Å²) in [7, 11) is 1.63. The molecule has 1 aliphatic carbocycles. The van der Waals surface area contributed by atoms with Crippen LogP contribution in [0.4, 0.5) is 11.4 Å². The molecule has 4 N–H and O–H groups in total. The summed E-state index contributed by atoms with van der Waals surface area (Å²) < 4.78 is 0. The van der Waals surface area contributed by atoms with E-state index >= 15 is 0 Å². The summed E-state index contributed by atoms with van der Waals surface area (Å²) in [5.41, 5.74) is 12.1. The van der Waals surface area contributed by atoms with Crippen LogP contribution < -0.4 is 11.1 Å². The second-order valence-electron chi connectivity index (χ2n) is 7.65. The van der Waals surface area contributed by atoms with E-state index < -0.39 is 0 Å². The number of benzene rings is 2. The summed E-state index contributed by atoms with van der Waals surface area (Å²) >= 11 is 0. The van der Waals surface area contributed by atoms with Crippen molar-refractivity contribution in [3.63, 3.8) is 0 Å². The van der Waals surface area contributed by atoms with Crippen molar-refractivity contribution in [1.29, 1.82) is 10.7 Å². The highest BCUT2D eigenvalue weighted by Gasteiger charge is 2.21. The second kappa shape index (κ2) is 9.77. The summed E-state index contributed by atoms with van der Waals surface area (Å²) in [6, 6.07) is 13.8. The molecule has 3 rings (SSSR count). The van der Waals surface area contributed by atoms with E-state index in [9.17, 15) is 10.1 Å². The summed E-state index contributed by atoms with van der Waals surface area (Å²) in [4.78, 5) is 12.4. The van der Waals surface area contributed by atoms with Crippen LogP contribution in [0, 0.1) is 16.7 Å². The van der Waals surface area contributed by atoms with Crippen LogP contribution in [0.3, 0.4) is 0 Å². The van der Waals surface area contributed by atoms with E-state index in [0.717, 1.165) is 24.9 Å². The first kappa shape index (κ1) is 21.8. The van der Waals surface area contributed by atoms with E-state index in [1.54, 1.807) is 25.4 Å². The normalized spacial score (nSPS) is 15.8. The predicted molar refractivity (Wildman–Crippen MR) is 125 cm³/mol. The molecule has 0 fully saturated rings. The van der Waals surface area contributed by atoms with Crippen molar-refractivity contribution in [2.45, 2.75) is 32.2 Å². The van der Waals surface area contributed by atoms with Crippen LogP contribution >= 0.6 is 0 Å². The highest BCUT2D eigenvalue weighted by atomic mass is 16.1. The van der Waals surface area contributed by atoms with Gasteiger partial charge in [-0.1, -0.05) is 18.2 Å². The number of allylic oxidation sites excluding steroid dienone is 3. The first-order valence-electron chi connectivity index (χ1n) is 10.3. The largest absolute Gasteiger partial charge is 0.398 e. The Morgan fingerprint density at radius 1 is 1.32 bits per heavy atom. The van der Waals surface area contributed by atoms with Crippen LogP contribution in [0.15, 0.2) is 60.3 Å². The van der Waals surface area contributed by atoms with E-state index in [-0.39, 0.29) is 11.8 Å². The lowest BCUT2D eigenvalue weighted by Crippen LogP contribution is -2.18. The molecule has 0 spiro atoms. The third kappa shape index (κ3) is 5.01. The molecule has 6 heteroatoms. The summed E-state index contributed by atoms with van der Waals surface area (Å²) in [5, 5.41) is 21.4. The minimum absolute atomic E-state index is 0.133. The van der Waals surface area contributed by atoms with E-state index in [4.69, 9.17) is 11.1 Å². The van der Waals surface area contributed by atoms with Gasteiger partial charge >= 0.3 is 0 Å². The van der Waals surface area contributed by atoms with Gasteiger partial charge in [-0.15, -0.1) is 0 Å². The standard InChI is InChI=1S/C25H27N5O/c1-3-5-19(15-30(2)16-31)25(28)22-13-20(9-11-23(22)27)29-24-7-4-6-18-12-17(14-26)8-10-21(18)24/h3,5,8-13,15-16,24,28-29H,4,6-7,27H2,1-2H3/b5-3-,19-15+,28-25?. The number of nitrogens with zero attached hydrogens (tertiary/aromatic N) is 2. The zero-order valence-corrected chi connectivity index (χ0v) is 17.9. The van der Waals surface area contributed by atoms with E-state index in [2.05, 4.69) is 11.4 Å². The highest BCUT2D eigenvalue weighted by molar-refractivity contribution is 6.15. The van der Waals surface area contributed by atoms with Gasteiger partial charge in [0.15, 0.2) is 0 Å². The number of amides is 1. The molecule has 1 atom stereocenters. The number of nitrogens with two attached hydrogens (primary N) is 1. The fraction of sp³-hybridized carbons (Fsp3) is 0.240. The number of fused-ring (bicyclic) bond motifs is 1. The molecule has 2 aromatic carbocycles. The number of hydrogen-bond acceptors (Lipinski definition) is 5. The molecular weight excluding hydrogens is 386 g/mol. The Balaban J connectivity index is 1.90.